The maximum Gasteiger partial charge on any atom is 0.417 e. The second kappa shape index (κ2) is 12.5. The normalized spacial score (nSPS) is 12.0. The van der Waals surface area contributed by atoms with E-state index in [9.17, 15) is 34.8 Å². The van der Waals surface area contributed by atoms with Gasteiger partial charge in [-0.2, -0.15) is 13.2 Å². The number of hydrogen-bond donors (Lipinski definition) is 2. The highest BCUT2D eigenvalue weighted by Crippen LogP contribution is 2.36. The quantitative estimate of drug-likeness (QED) is 0.186. The van der Waals surface area contributed by atoms with Crippen molar-refractivity contribution < 1.29 is 34.8 Å². The summed E-state index contributed by atoms with van der Waals surface area (Å²) in [5, 5.41) is 2.03. The van der Waals surface area contributed by atoms with Gasteiger partial charge in [0.15, 0.2) is 0 Å². The van der Waals surface area contributed by atoms with E-state index in [1.807, 2.05) is 6.26 Å². The molecule has 4 rings (SSSR count). The predicted molar refractivity (Wildman–Crippen MR) is 162 cm³/mol. The van der Waals surface area contributed by atoms with Gasteiger partial charge in [0.1, 0.15) is 0 Å². The van der Waals surface area contributed by atoms with Crippen LogP contribution >= 0.6 is 23.4 Å². The summed E-state index contributed by atoms with van der Waals surface area (Å²) in [6.45, 7) is 0. The molecule has 8 nitrogen and oxygen atoms in total. The summed E-state index contributed by atoms with van der Waals surface area (Å²) in [6, 6.07) is 19.9. The van der Waals surface area contributed by atoms with Crippen molar-refractivity contribution in [2.75, 3.05) is 27.6 Å². The standard InChI is InChI=1S/C28H23ClF3N3O5S3/c1-35(43(39,40)24-14-10-22(41-2)11-15-24)21-8-3-18(4-9-21)27(36)33-19-5-12-23(13-6-19)42(37,38)34-20-7-16-26(29)25(17-20)28(30,31)32/h3-17,34H,1-2H3,(H,33,36). The molecule has 0 aliphatic heterocycles. The van der Waals surface area contributed by atoms with Gasteiger partial charge in [0, 0.05) is 28.9 Å². The van der Waals surface area contributed by atoms with Crippen LogP contribution in [-0.4, -0.2) is 36.0 Å². The molecule has 0 aromatic heterocycles. The summed E-state index contributed by atoms with van der Waals surface area (Å²) in [7, 11) is -6.69. The molecule has 0 bridgehead atoms. The van der Waals surface area contributed by atoms with Crippen LogP contribution in [0.4, 0.5) is 30.2 Å². The molecular formula is C28H23ClF3N3O5S3. The van der Waals surface area contributed by atoms with Crippen molar-refractivity contribution in [3.63, 3.8) is 0 Å². The highest BCUT2D eigenvalue weighted by atomic mass is 35.5. The minimum atomic E-state index is -4.77. The maximum absolute atomic E-state index is 13.1. The third-order valence-corrected chi connectivity index (χ3v) is 10.4. The Morgan fingerprint density at radius 2 is 1.37 bits per heavy atom. The van der Waals surface area contributed by atoms with Crippen LogP contribution in [0.25, 0.3) is 0 Å². The Balaban J connectivity index is 1.43. The van der Waals surface area contributed by atoms with E-state index in [-0.39, 0.29) is 26.7 Å². The summed E-state index contributed by atoms with van der Waals surface area (Å²) in [4.78, 5) is 13.5. The van der Waals surface area contributed by atoms with Crippen LogP contribution in [0.15, 0.2) is 106 Å². The van der Waals surface area contributed by atoms with E-state index in [0.717, 1.165) is 21.3 Å². The van der Waals surface area contributed by atoms with E-state index in [1.165, 1.54) is 79.5 Å². The van der Waals surface area contributed by atoms with E-state index in [0.29, 0.717) is 11.8 Å². The number of anilines is 3. The highest BCUT2D eigenvalue weighted by Gasteiger charge is 2.33. The van der Waals surface area contributed by atoms with Gasteiger partial charge in [0.05, 0.1) is 26.1 Å². The third kappa shape index (κ3) is 7.44. The van der Waals surface area contributed by atoms with Crippen molar-refractivity contribution in [2.45, 2.75) is 20.9 Å². The van der Waals surface area contributed by atoms with Crippen LogP contribution in [0.3, 0.4) is 0 Å². The Labute approximate surface area is 256 Å². The van der Waals surface area contributed by atoms with E-state index in [2.05, 4.69) is 10.0 Å². The summed E-state index contributed by atoms with van der Waals surface area (Å²) < 4.78 is 94.0. The predicted octanol–water partition coefficient (Wildman–Crippen LogP) is 6.96. The van der Waals surface area contributed by atoms with Gasteiger partial charge >= 0.3 is 6.18 Å². The molecular weight excluding hydrogens is 647 g/mol. The number of carbonyl (C=O) groups excluding carboxylic acids is 1. The van der Waals surface area contributed by atoms with Crippen LogP contribution in [-0.2, 0) is 26.2 Å². The van der Waals surface area contributed by atoms with Crippen LogP contribution in [0.2, 0.25) is 5.02 Å². The zero-order chi connectivity index (χ0) is 31.6. The smallest absolute Gasteiger partial charge is 0.322 e. The van der Waals surface area contributed by atoms with Gasteiger partial charge in [0.2, 0.25) is 0 Å². The van der Waals surface area contributed by atoms with Crippen molar-refractivity contribution in [3.05, 3.63) is 107 Å². The molecule has 226 valence electrons. The average Bonchev–Trinajstić information content (AvgIpc) is 2.97. The Kier molecular flexibility index (Phi) is 9.35. The zero-order valence-corrected chi connectivity index (χ0v) is 25.6. The summed E-state index contributed by atoms with van der Waals surface area (Å²) >= 11 is 7.07. The Bertz CT molecular complexity index is 1850. The average molecular weight is 670 g/mol. The molecule has 2 N–H and O–H groups in total. The zero-order valence-electron chi connectivity index (χ0n) is 22.4. The van der Waals surface area contributed by atoms with E-state index < -0.39 is 42.7 Å². The van der Waals surface area contributed by atoms with Crippen molar-refractivity contribution in [1.82, 2.24) is 0 Å². The van der Waals surface area contributed by atoms with Gasteiger partial charge in [-0.15, -0.1) is 11.8 Å². The fraction of sp³-hybridized carbons (Fsp3) is 0.107. The summed E-state index contributed by atoms with van der Waals surface area (Å²) in [6.07, 6.45) is -2.89. The number of nitrogens with zero attached hydrogens (tertiary/aromatic N) is 1. The molecule has 15 heteroatoms. The maximum atomic E-state index is 13.1. The van der Waals surface area contributed by atoms with Gasteiger partial charge in [-0.25, -0.2) is 16.8 Å². The molecule has 0 spiro atoms. The second-order valence-corrected chi connectivity index (χ2v) is 13.9. The van der Waals surface area contributed by atoms with E-state index in [1.54, 1.807) is 12.1 Å². The SMILES string of the molecule is CSc1ccc(S(=O)(=O)N(C)c2ccc(C(=O)Nc3ccc(S(=O)(=O)Nc4ccc(Cl)c(C(F)(F)F)c4)cc3)cc2)cc1. The number of sulfonamides is 2. The lowest BCUT2D eigenvalue weighted by Gasteiger charge is -2.20. The molecule has 0 aliphatic carbocycles. The third-order valence-electron chi connectivity index (χ3n) is 6.16. The molecule has 0 saturated heterocycles. The van der Waals surface area contributed by atoms with E-state index >= 15 is 0 Å². The van der Waals surface area contributed by atoms with Crippen molar-refractivity contribution in [2.24, 2.45) is 0 Å². The first-order valence-electron chi connectivity index (χ1n) is 12.2. The molecule has 0 atom stereocenters. The van der Waals surface area contributed by atoms with Gasteiger partial charge in [-0.3, -0.25) is 13.8 Å². The molecule has 1 amide bonds. The van der Waals surface area contributed by atoms with Crippen LogP contribution in [0.1, 0.15) is 15.9 Å². The van der Waals surface area contributed by atoms with Gasteiger partial charge in [-0.05, 0) is 97.3 Å². The number of thioether (sulfide) groups is 1. The lowest BCUT2D eigenvalue weighted by molar-refractivity contribution is -0.137. The number of benzene rings is 4. The molecule has 4 aromatic rings. The van der Waals surface area contributed by atoms with Crippen molar-refractivity contribution in [3.8, 4) is 0 Å². The monoisotopic (exact) mass is 669 g/mol. The first-order valence-corrected chi connectivity index (χ1v) is 16.7. The van der Waals surface area contributed by atoms with Gasteiger partial charge < -0.3 is 5.32 Å². The number of halogens is 4. The van der Waals surface area contributed by atoms with Crippen LogP contribution in [0, 0.1) is 0 Å². The first kappa shape index (κ1) is 32.2. The molecule has 0 fully saturated rings. The van der Waals surface area contributed by atoms with Crippen molar-refractivity contribution >= 4 is 66.4 Å². The molecule has 43 heavy (non-hydrogen) atoms. The lowest BCUT2D eigenvalue weighted by atomic mass is 10.2. The summed E-state index contributed by atoms with van der Waals surface area (Å²) in [5.41, 5.74) is -0.734. The molecule has 0 radical (unpaired) electrons. The van der Waals surface area contributed by atoms with Crippen LogP contribution < -0.4 is 14.3 Å². The molecule has 0 saturated carbocycles. The number of amides is 1. The minimum Gasteiger partial charge on any atom is -0.322 e. The Morgan fingerprint density at radius 3 is 1.93 bits per heavy atom. The number of alkyl halides is 3. The number of rotatable bonds is 9. The lowest BCUT2D eigenvalue weighted by Crippen LogP contribution is -2.26. The second-order valence-electron chi connectivity index (χ2n) is 8.97. The Morgan fingerprint density at radius 1 is 0.814 bits per heavy atom. The number of hydrogen-bond acceptors (Lipinski definition) is 6. The van der Waals surface area contributed by atoms with E-state index in [4.69, 9.17) is 11.6 Å². The molecule has 0 unspecified atom stereocenters. The fourth-order valence-corrected chi connectivity index (χ4v) is 6.69. The minimum absolute atomic E-state index is 0.120. The fourth-order valence-electron chi connectivity index (χ4n) is 3.81. The molecule has 4 aromatic carbocycles. The topological polar surface area (TPSA) is 113 Å². The van der Waals surface area contributed by atoms with Gasteiger partial charge in [-0.1, -0.05) is 11.6 Å². The molecule has 0 heterocycles. The Hall–Kier alpha value is -3.72. The number of carbonyl (C=O) groups is 1. The molecule has 0 aliphatic rings. The van der Waals surface area contributed by atoms with Crippen LogP contribution in [0.5, 0.6) is 0 Å². The van der Waals surface area contributed by atoms with Crippen molar-refractivity contribution in [1.29, 1.82) is 0 Å². The summed E-state index contributed by atoms with van der Waals surface area (Å²) in [5.74, 6) is -0.542. The largest absolute Gasteiger partial charge is 0.417 e. The van der Waals surface area contributed by atoms with Gasteiger partial charge in [0.25, 0.3) is 26.0 Å². The highest BCUT2D eigenvalue weighted by molar-refractivity contribution is 7.98. The first-order chi connectivity index (χ1) is 20.1. The number of nitrogens with one attached hydrogen (secondary N) is 2.